The summed E-state index contributed by atoms with van der Waals surface area (Å²) in [5, 5.41) is 0.818. The molecule has 1 amide bonds. The Hall–Kier alpha value is -0.820. The zero-order valence-electron chi connectivity index (χ0n) is 14.0. The molecule has 0 aliphatic carbocycles. The maximum absolute atomic E-state index is 12.8. The first kappa shape index (κ1) is 19.0. The minimum atomic E-state index is -3.53. The number of hydrogen-bond donors (Lipinski definition) is 0. The standard InChI is InChI=1S/C17H22Cl2N2O3S/c18-15-6-5-14(16(19)10-15)12-25(23,24)21-9-3-4-13(11-21)17(22)20-7-1-2-8-20/h5-6,10,13H,1-4,7-9,11-12H2/t13-/m0/s1. The molecule has 25 heavy (non-hydrogen) atoms. The van der Waals surface area contributed by atoms with Gasteiger partial charge in [-0.05, 0) is 43.4 Å². The van der Waals surface area contributed by atoms with Gasteiger partial charge in [-0.15, -0.1) is 0 Å². The molecule has 138 valence electrons. The van der Waals surface area contributed by atoms with E-state index in [1.54, 1.807) is 18.2 Å². The van der Waals surface area contributed by atoms with Crippen molar-refractivity contribution in [2.24, 2.45) is 5.92 Å². The summed E-state index contributed by atoms with van der Waals surface area (Å²) in [5.74, 6) is -0.308. The van der Waals surface area contributed by atoms with E-state index in [1.807, 2.05) is 4.90 Å². The first-order chi connectivity index (χ1) is 11.9. The van der Waals surface area contributed by atoms with Crippen molar-refractivity contribution in [1.29, 1.82) is 0 Å². The summed E-state index contributed by atoms with van der Waals surface area (Å²) in [6.07, 6.45) is 3.53. The number of halogens is 2. The molecule has 1 atom stereocenters. The van der Waals surface area contributed by atoms with Crippen LogP contribution in [-0.2, 0) is 20.6 Å². The van der Waals surface area contributed by atoms with Gasteiger partial charge in [-0.25, -0.2) is 12.7 Å². The van der Waals surface area contributed by atoms with Crippen LogP contribution in [0.15, 0.2) is 18.2 Å². The molecule has 2 fully saturated rings. The predicted octanol–water partition coefficient (Wildman–Crippen LogP) is 3.16. The highest BCUT2D eigenvalue weighted by atomic mass is 35.5. The summed E-state index contributed by atoms with van der Waals surface area (Å²) in [4.78, 5) is 14.5. The first-order valence-electron chi connectivity index (χ1n) is 8.57. The molecule has 2 aliphatic rings. The Morgan fingerprint density at radius 1 is 1.12 bits per heavy atom. The summed E-state index contributed by atoms with van der Waals surface area (Å²) >= 11 is 12.0. The molecule has 0 bridgehead atoms. The van der Waals surface area contributed by atoms with E-state index in [4.69, 9.17) is 23.2 Å². The molecule has 2 saturated heterocycles. The zero-order valence-corrected chi connectivity index (χ0v) is 16.3. The van der Waals surface area contributed by atoms with E-state index in [2.05, 4.69) is 0 Å². The molecule has 5 nitrogen and oxygen atoms in total. The van der Waals surface area contributed by atoms with Crippen molar-refractivity contribution in [3.63, 3.8) is 0 Å². The van der Waals surface area contributed by atoms with E-state index < -0.39 is 10.0 Å². The molecule has 0 saturated carbocycles. The van der Waals surface area contributed by atoms with Gasteiger partial charge < -0.3 is 4.90 Å². The molecule has 0 radical (unpaired) electrons. The Morgan fingerprint density at radius 3 is 2.52 bits per heavy atom. The van der Waals surface area contributed by atoms with Crippen molar-refractivity contribution in [2.75, 3.05) is 26.2 Å². The summed E-state index contributed by atoms with van der Waals surface area (Å²) in [5.41, 5.74) is 0.527. The number of hydrogen-bond acceptors (Lipinski definition) is 3. The Bertz CT molecular complexity index is 748. The first-order valence-corrected chi connectivity index (χ1v) is 10.9. The third-order valence-electron chi connectivity index (χ3n) is 4.90. The number of sulfonamides is 1. The zero-order chi connectivity index (χ0) is 18.0. The van der Waals surface area contributed by atoms with Crippen molar-refractivity contribution in [2.45, 2.75) is 31.4 Å². The highest BCUT2D eigenvalue weighted by Gasteiger charge is 2.35. The van der Waals surface area contributed by atoms with Gasteiger partial charge in [-0.2, -0.15) is 0 Å². The van der Waals surface area contributed by atoms with Gasteiger partial charge in [-0.3, -0.25) is 4.79 Å². The smallest absolute Gasteiger partial charge is 0.227 e. The van der Waals surface area contributed by atoms with Crippen molar-refractivity contribution < 1.29 is 13.2 Å². The van der Waals surface area contributed by atoms with Crippen LogP contribution < -0.4 is 0 Å². The van der Waals surface area contributed by atoms with Gasteiger partial charge >= 0.3 is 0 Å². The number of nitrogens with zero attached hydrogens (tertiary/aromatic N) is 2. The minimum Gasteiger partial charge on any atom is -0.342 e. The van der Waals surface area contributed by atoms with Crippen LogP contribution in [0.2, 0.25) is 10.0 Å². The van der Waals surface area contributed by atoms with Crippen LogP contribution in [0.3, 0.4) is 0 Å². The molecule has 2 heterocycles. The van der Waals surface area contributed by atoms with Gasteiger partial charge in [-0.1, -0.05) is 29.3 Å². The topological polar surface area (TPSA) is 57.7 Å². The van der Waals surface area contributed by atoms with Gasteiger partial charge in [0, 0.05) is 36.2 Å². The second kappa shape index (κ2) is 7.82. The quantitative estimate of drug-likeness (QED) is 0.773. The molecule has 0 spiro atoms. The number of benzene rings is 1. The van der Waals surface area contributed by atoms with Crippen LogP contribution >= 0.6 is 23.2 Å². The lowest BCUT2D eigenvalue weighted by atomic mass is 9.98. The summed E-state index contributed by atoms with van der Waals surface area (Å²) in [6.45, 7) is 2.31. The fraction of sp³-hybridized carbons (Fsp3) is 0.588. The molecule has 0 N–H and O–H groups in total. The van der Waals surface area contributed by atoms with Gasteiger partial charge in [0.2, 0.25) is 15.9 Å². The molecule has 1 aromatic carbocycles. The van der Waals surface area contributed by atoms with E-state index in [9.17, 15) is 13.2 Å². The molecule has 2 aliphatic heterocycles. The largest absolute Gasteiger partial charge is 0.342 e. The normalized spacial score (nSPS) is 22.3. The number of carbonyl (C=O) groups excluding carboxylic acids is 1. The second-order valence-electron chi connectivity index (χ2n) is 6.72. The Balaban J connectivity index is 1.69. The number of likely N-dealkylation sites (tertiary alicyclic amines) is 1. The van der Waals surface area contributed by atoms with Crippen molar-refractivity contribution >= 4 is 39.1 Å². The van der Waals surface area contributed by atoms with Crippen LogP contribution in [0.4, 0.5) is 0 Å². The van der Waals surface area contributed by atoms with Crippen LogP contribution in [0, 0.1) is 5.92 Å². The highest BCUT2D eigenvalue weighted by Crippen LogP contribution is 2.27. The molecular weight excluding hydrogens is 383 g/mol. The molecule has 0 aromatic heterocycles. The monoisotopic (exact) mass is 404 g/mol. The van der Waals surface area contributed by atoms with Crippen LogP contribution in [-0.4, -0.2) is 49.7 Å². The maximum Gasteiger partial charge on any atom is 0.227 e. The van der Waals surface area contributed by atoms with Crippen LogP contribution in [0.25, 0.3) is 0 Å². The average molecular weight is 405 g/mol. The van der Waals surface area contributed by atoms with E-state index in [-0.39, 0.29) is 24.1 Å². The molecule has 1 aromatic rings. The molecular formula is C17H22Cl2N2O3S. The maximum atomic E-state index is 12.8. The lowest BCUT2D eigenvalue weighted by molar-refractivity contribution is -0.135. The van der Waals surface area contributed by atoms with Crippen molar-refractivity contribution in [3.8, 4) is 0 Å². The number of carbonyl (C=O) groups is 1. The summed E-state index contributed by atoms with van der Waals surface area (Å²) in [7, 11) is -3.53. The van der Waals surface area contributed by atoms with Gasteiger partial charge in [0.1, 0.15) is 0 Å². The Labute approximate surface area is 158 Å². The van der Waals surface area contributed by atoms with E-state index in [0.717, 1.165) is 32.4 Å². The highest BCUT2D eigenvalue weighted by molar-refractivity contribution is 7.88. The van der Waals surface area contributed by atoms with E-state index >= 15 is 0 Å². The third-order valence-corrected chi connectivity index (χ3v) is 7.28. The van der Waals surface area contributed by atoms with Crippen molar-refractivity contribution in [3.05, 3.63) is 33.8 Å². The van der Waals surface area contributed by atoms with Crippen LogP contribution in [0.1, 0.15) is 31.2 Å². The summed E-state index contributed by atoms with van der Waals surface area (Å²) < 4.78 is 27.0. The lowest BCUT2D eigenvalue weighted by Gasteiger charge is -2.33. The fourth-order valence-electron chi connectivity index (χ4n) is 3.52. The fourth-order valence-corrected chi connectivity index (χ4v) is 5.72. The van der Waals surface area contributed by atoms with Gasteiger partial charge in [0.15, 0.2) is 0 Å². The number of amides is 1. The second-order valence-corrected chi connectivity index (χ2v) is 9.53. The van der Waals surface area contributed by atoms with Crippen molar-refractivity contribution in [1.82, 2.24) is 9.21 Å². The van der Waals surface area contributed by atoms with E-state index in [1.165, 1.54) is 4.31 Å². The molecule has 8 heteroatoms. The lowest BCUT2D eigenvalue weighted by Crippen LogP contribution is -2.46. The molecule has 0 unspecified atom stereocenters. The third kappa shape index (κ3) is 4.48. The predicted molar refractivity (Wildman–Crippen MR) is 99.2 cm³/mol. The average Bonchev–Trinajstić information content (AvgIpc) is 3.11. The van der Waals surface area contributed by atoms with Gasteiger partial charge in [0.25, 0.3) is 0 Å². The summed E-state index contributed by atoms with van der Waals surface area (Å²) in [6, 6.07) is 4.82. The Morgan fingerprint density at radius 2 is 1.84 bits per heavy atom. The SMILES string of the molecule is O=C([C@H]1CCCN(S(=O)(=O)Cc2ccc(Cl)cc2Cl)C1)N1CCCC1. The van der Waals surface area contributed by atoms with E-state index in [0.29, 0.717) is 28.6 Å². The van der Waals surface area contributed by atoms with Crippen LogP contribution in [0.5, 0.6) is 0 Å². The molecule has 3 rings (SSSR count). The number of rotatable bonds is 4. The Kier molecular flexibility index (Phi) is 5.93. The minimum absolute atomic E-state index is 0.0990. The number of piperidine rings is 1. The van der Waals surface area contributed by atoms with Gasteiger partial charge in [0.05, 0.1) is 11.7 Å².